The van der Waals surface area contributed by atoms with Crippen molar-refractivity contribution in [1.82, 2.24) is 15.2 Å². The van der Waals surface area contributed by atoms with E-state index in [-0.39, 0.29) is 0 Å². The summed E-state index contributed by atoms with van der Waals surface area (Å²) in [6.07, 6.45) is 5.27. The van der Waals surface area contributed by atoms with Crippen molar-refractivity contribution < 1.29 is 0 Å². The molecule has 1 unspecified atom stereocenters. The van der Waals surface area contributed by atoms with Gasteiger partial charge < -0.3 is 10.2 Å². The standard InChI is InChI=1S/C14H25N3S/c1-13(7-11-18-3)17(2)10-9-15-12-14-6-4-5-8-16-14/h4-6,8,13,15H,7,9-12H2,1-3H3. The van der Waals surface area contributed by atoms with Crippen LogP contribution in [0.1, 0.15) is 19.0 Å². The number of nitrogens with zero attached hydrogens (tertiary/aromatic N) is 2. The van der Waals surface area contributed by atoms with Crippen LogP contribution in [-0.2, 0) is 6.54 Å². The van der Waals surface area contributed by atoms with Gasteiger partial charge in [0.25, 0.3) is 0 Å². The van der Waals surface area contributed by atoms with Gasteiger partial charge in [-0.25, -0.2) is 0 Å². The summed E-state index contributed by atoms with van der Waals surface area (Å²) in [5.41, 5.74) is 1.11. The van der Waals surface area contributed by atoms with Crippen molar-refractivity contribution in [3.63, 3.8) is 0 Å². The third-order valence-corrected chi connectivity index (χ3v) is 3.81. The van der Waals surface area contributed by atoms with Crippen molar-refractivity contribution in [2.45, 2.75) is 25.9 Å². The zero-order chi connectivity index (χ0) is 13.2. The molecule has 3 nitrogen and oxygen atoms in total. The van der Waals surface area contributed by atoms with Gasteiger partial charge in [0.05, 0.1) is 5.69 Å². The van der Waals surface area contributed by atoms with E-state index in [1.54, 1.807) is 0 Å². The highest BCUT2D eigenvalue weighted by atomic mass is 32.2. The molecule has 0 aliphatic carbocycles. The second kappa shape index (κ2) is 9.36. The Balaban J connectivity index is 2.10. The van der Waals surface area contributed by atoms with Crippen LogP contribution >= 0.6 is 11.8 Å². The van der Waals surface area contributed by atoms with Gasteiger partial charge in [0.1, 0.15) is 0 Å². The van der Waals surface area contributed by atoms with Gasteiger partial charge in [0.15, 0.2) is 0 Å². The number of hydrogen-bond donors (Lipinski definition) is 1. The first kappa shape index (κ1) is 15.5. The van der Waals surface area contributed by atoms with Gasteiger partial charge in [-0.2, -0.15) is 11.8 Å². The van der Waals surface area contributed by atoms with E-state index in [1.165, 1.54) is 12.2 Å². The van der Waals surface area contributed by atoms with Crippen molar-refractivity contribution >= 4 is 11.8 Å². The Morgan fingerprint density at radius 1 is 1.44 bits per heavy atom. The van der Waals surface area contributed by atoms with Crippen LogP contribution in [-0.4, -0.2) is 48.1 Å². The highest BCUT2D eigenvalue weighted by molar-refractivity contribution is 7.98. The van der Waals surface area contributed by atoms with Crippen LogP contribution in [0.3, 0.4) is 0 Å². The topological polar surface area (TPSA) is 28.2 Å². The van der Waals surface area contributed by atoms with Crippen LogP contribution in [0.2, 0.25) is 0 Å². The Morgan fingerprint density at radius 3 is 2.94 bits per heavy atom. The third-order valence-electron chi connectivity index (χ3n) is 3.17. The van der Waals surface area contributed by atoms with Crippen molar-refractivity contribution in [3.05, 3.63) is 30.1 Å². The van der Waals surface area contributed by atoms with Gasteiger partial charge in [-0.15, -0.1) is 0 Å². The number of pyridine rings is 1. The zero-order valence-electron chi connectivity index (χ0n) is 11.7. The molecule has 0 fully saturated rings. The van der Waals surface area contributed by atoms with Crippen LogP contribution in [0.5, 0.6) is 0 Å². The number of rotatable bonds is 9. The molecule has 0 aromatic carbocycles. The SMILES string of the molecule is CSCCC(C)N(C)CCNCc1ccccn1. The molecule has 0 radical (unpaired) electrons. The molecule has 0 spiro atoms. The monoisotopic (exact) mass is 267 g/mol. The minimum atomic E-state index is 0.661. The molecule has 0 saturated heterocycles. The molecule has 1 heterocycles. The molecule has 1 atom stereocenters. The van der Waals surface area contributed by atoms with Crippen LogP contribution in [0.15, 0.2) is 24.4 Å². The van der Waals surface area contributed by atoms with Gasteiger partial charge in [-0.1, -0.05) is 6.07 Å². The summed E-state index contributed by atoms with van der Waals surface area (Å²) < 4.78 is 0. The molecule has 4 heteroatoms. The van der Waals surface area contributed by atoms with E-state index < -0.39 is 0 Å². The smallest absolute Gasteiger partial charge is 0.0541 e. The number of hydrogen-bond acceptors (Lipinski definition) is 4. The average Bonchev–Trinajstić information content (AvgIpc) is 2.41. The van der Waals surface area contributed by atoms with E-state index in [0.29, 0.717) is 6.04 Å². The largest absolute Gasteiger partial charge is 0.310 e. The second-order valence-electron chi connectivity index (χ2n) is 4.61. The van der Waals surface area contributed by atoms with Gasteiger partial charge in [-0.05, 0) is 44.5 Å². The lowest BCUT2D eigenvalue weighted by Crippen LogP contribution is -2.35. The van der Waals surface area contributed by atoms with Crippen LogP contribution in [0, 0.1) is 0 Å². The lowest BCUT2D eigenvalue weighted by atomic mass is 10.2. The fourth-order valence-electron chi connectivity index (χ4n) is 1.70. The summed E-state index contributed by atoms with van der Waals surface area (Å²) in [6.45, 7) is 5.25. The number of aromatic nitrogens is 1. The fraction of sp³-hybridized carbons (Fsp3) is 0.643. The minimum absolute atomic E-state index is 0.661. The first-order chi connectivity index (χ1) is 8.74. The molecular formula is C14H25N3S. The molecule has 0 amide bonds. The lowest BCUT2D eigenvalue weighted by molar-refractivity contribution is 0.253. The average molecular weight is 267 g/mol. The van der Waals surface area contributed by atoms with Gasteiger partial charge in [0.2, 0.25) is 0 Å². The normalized spacial score (nSPS) is 12.9. The molecule has 0 aliphatic rings. The zero-order valence-corrected chi connectivity index (χ0v) is 12.5. The van der Waals surface area contributed by atoms with Gasteiger partial charge >= 0.3 is 0 Å². The Labute approximate surface area is 115 Å². The second-order valence-corrected chi connectivity index (χ2v) is 5.59. The van der Waals surface area contributed by atoms with Crippen molar-refractivity contribution in [3.8, 4) is 0 Å². The third kappa shape index (κ3) is 6.38. The lowest BCUT2D eigenvalue weighted by Gasteiger charge is -2.24. The summed E-state index contributed by atoms with van der Waals surface area (Å²) in [5.74, 6) is 1.24. The van der Waals surface area contributed by atoms with Gasteiger partial charge in [0, 0.05) is 31.9 Å². The van der Waals surface area contributed by atoms with Crippen LogP contribution < -0.4 is 5.32 Å². The van der Waals surface area contributed by atoms with Crippen molar-refractivity contribution in [1.29, 1.82) is 0 Å². The Morgan fingerprint density at radius 2 is 2.28 bits per heavy atom. The van der Waals surface area contributed by atoms with E-state index in [4.69, 9.17) is 0 Å². The number of likely N-dealkylation sites (N-methyl/N-ethyl adjacent to an activating group) is 1. The molecule has 1 aromatic rings. The van der Waals surface area contributed by atoms with E-state index in [2.05, 4.69) is 41.5 Å². The highest BCUT2D eigenvalue weighted by Gasteiger charge is 2.07. The van der Waals surface area contributed by atoms with E-state index >= 15 is 0 Å². The molecule has 18 heavy (non-hydrogen) atoms. The Bertz CT molecular complexity index is 305. The van der Waals surface area contributed by atoms with E-state index in [1.807, 2.05) is 30.1 Å². The minimum Gasteiger partial charge on any atom is -0.310 e. The number of nitrogens with one attached hydrogen (secondary N) is 1. The van der Waals surface area contributed by atoms with Crippen molar-refractivity contribution in [2.75, 3.05) is 32.1 Å². The first-order valence-corrected chi connectivity index (χ1v) is 7.93. The Hall–Kier alpha value is -0.580. The summed E-state index contributed by atoms with van der Waals surface area (Å²) in [5, 5.41) is 3.43. The summed E-state index contributed by atoms with van der Waals surface area (Å²) >= 11 is 1.92. The van der Waals surface area contributed by atoms with Crippen LogP contribution in [0.4, 0.5) is 0 Å². The highest BCUT2D eigenvalue weighted by Crippen LogP contribution is 2.05. The van der Waals surface area contributed by atoms with E-state index in [9.17, 15) is 0 Å². The summed E-state index contributed by atoms with van der Waals surface area (Å²) in [7, 11) is 2.20. The molecule has 0 saturated carbocycles. The van der Waals surface area contributed by atoms with Gasteiger partial charge in [-0.3, -0.25) is 4.98 Å². The predicted molar refractivity (Wildman–Crippen MR) is 81.0 cm³/mol. The fourth-order valence-corrected chi connectivity index (χ4v) is 2.28. The molecule has 0 aliphatic heterocycles. The van der Waals surface area contributed by atoms with E-state index in [0.717, 1.165) is 25.3 Å². The maximum Gasteiger partial charge on any atom is 0.0541 e. The van der Waals surface area contributed by atoms with Crippen LogP contribution in [0.25, 0.3) is 0 Å². The molecule has 1 N–H and O–H groups in total. The molecule has 1 rings (SSSR count). The number of thioether (sulfide) groups is 1. The molecule has 0 bridgehead atoms. The quantitative estimate of drug-likeness (QED) is 0.695. The summed E-state index contributed by atoms with van der Waals surface area (Å²) in [6, 6.07) is 6.69. The summed E-state index contributed by atoms with van der Waals surface area (Å²) in [4.78, 5) is 6.71. The molecular weight excluding hydrogens is 242 g/mol. The maximum atomic E-state index is 4.29. The first-order valence-electron chi connectivity index (χ1n) is 6.54. The Kier molecular flexibility index (Phi) is 8.05. The molecule has 1 aromatic heterocycles. The maximum absolute atomic E-state index is 4.29. The predicted octanol–water partition coefficient (Wildman–Crippen LogP) is 2.24. The van der Waals surface area contributed by atoms with Crippen molar-refractivity contribution in [2.24, 2.45) is 0 Å². The molecule has 102 valence electrons.